The lowest BCUT2D eigenvalue weighted by molar-refractivity contribution is 0.455. The van der Waals surface area contributed by atoms with E-state index in [0.29, 0.717) is 5.92 Å². The van der Waals surface area contributed by atoms with E-state index in [1.165, 1.54) is 12.8 Å². The Balaban J connectivity index is 1.76. The van der Waals surface area contributed by atoms with E-state index < -0.39 is 0 Å². The molecule has 0 bridgehead atoms. The van der Waals surface area contributed by atoms with Gasteiger partial charge in [0.2, 0.25) is 0 Å². The van der Waals surface area contributed by atoms with Crippen molar-refractivity contribution in [3.8, 4) is 0 Å². The Bertz CT molecular complexity index is 521. The van der Waals surface area contributed by atoms with Gasteiger partial charge in [-0.15, -0.1) is 0 Å². The van der Waals surface area contributed by atoms with Crippen molar-refractivity contribution in [1.82, 2.24) is 15.3 Å². The molecule has 0 amide bonds. The quantitative estimate of drug-likeness (QED) is 0.884. The summed E-state index contributed by atoms with van der Waals surface area (Å²) in [5.41, 5.74) is 1.16. The fourth-order valence-electron chi connectivity index (χ4n) is 2.42. The van der Waals surface area contributed by atoms with Crippen LogP contribution in [0.3, 0.4) is 0 Å². The Morgan fingerprint density at radius 3 is 2.84 bits per heavy atom. The summed E-state index contributed by atoms with van der Waals surface area (Å²) in [6.07, 6.45) is 4.22. The first-order valence-corrected chi connectivity index (χ1v) is 6.77. The molecule has 1 aliphatic rings. The monoisotopic (exact) mass is 254 g/mol. The molecule has 2 aromatic rings. The first-order valence-electron chi connectivity index (χ1n) is 6.77. The van der Waals surface area contributed by atoms with Crippen molar-refractivity contribution >= 4 is 11.6 Å². The molecule has 0 saturated carbocycles. The van der Waals surface area contributed by atoms with Crippen LogP contribution in [0.25, 0.3) is 0 Å². The van der Waals surface area contributed by atoms with Crippen LogP contribution in [0, 0.1) is 0 Å². The Kier molecular flexibility index (Phi) is 3.70. The van der Waals surface area contributed by atoms with Gasteiger partial charge in [0, 0.05) is 24.4 Å². The highest BCUT2D eigenvalue weighted by Gasteiger charge is 2.16. The molecule has 2 N–H and O–H groups in total. The molecule has 4 heteroatoms. The first-order chi connectivity index (χ1) is 9.42. The summed E-state index contributed by atoms with van der Waals surface area (Å²) in [5, 5.41) is 6.67. The molecule has 1 atom stereocenters. The van der Waals surface area contributed by atoms with Gasteiger partial charge < -0.3 is 10.6 Å². The average molecular weight is 254 g/mol. The van der Waals surface area contributed by atoms with Gasteiger partial charge >= 0.3 is 0 Å². The molecule has 98 valence electrons. The zero-order chi connectivity index (χ0) is 12.9. The van der Waals surface area contributed by atoms with E-state index >= 15 is 0 Å². The van der Waals surface area contributed by atoms with Gasteiger partial charge in [0.25, 0.3) is 0 Å². The smallest absolute Gasteiger partial charge is 0.131 e. The molecular weight excluding hydrogens is 236 g/mol. The molecule has 0 aromatic carbocycles. The number of nitrogens with one attached hydrogen (secondary N) is 2. The molecular formula is C15H18N4. The zero-order valence-electron chi connectivity index (χ0n) is 10.8. The van der Waals surface area contributed by atoms with E-state index in [1.54, 1.807) is 6.20 Å². The third-order valence-electron chi connectivity index (χ3n) is 3.41. The molecule has 1 saturated heterocycles. The standard InChI is InChI=1S/C15H18N4/c1-2-10-17-14(7-1)19-15-8-3-6-13(18-15)12-5-4-9-16-11-12/h1-3,6-8,10,12,16H,4-5,9,11H2,(H,17,18,19). The minimum atomic E-state index is 0.527. The van der Waals surface area contributed by atoms with Gasteiger partial charge in [-0.05, 0) is 43.7 Å². The molecule has 1 fully saturated rings. The highest BCUT2D eigenvalue weighted by atomic mass is 15.1. The SMILES string of the molecule is c1ccc(Nc2cccc(C3CCCNC3)n2)nc1. The van der Waals surface area contributed by atoms with Crippen LogP contribution in [0.1, 0.15) is 24.5 Å². The molecule has 3 heterocycles. The van der Waals surface area contributed by atoms with Gasteiger partial charge in [0.15, 0.2) is 0 Å². The predicted octanol–water partition coefficient (Wildman–Crippen LogP) is 2.69. The van der Waals surface area contributed by atoms with Crippen LogP contribution >= 0.6 is 0 Å². The molecule has 4 nitrogen and oxygen atoms in total. The van der Waals surface area contributed by atoms with Gasteiger partial charge in [-0.25, -0.2) is 9.97 Å². The van der Waals surface area contributed by atoms with Crippen molar-refractivity contribution in [3.05, 3.63) is 48.3 Å². The maximum atomic E-state index is 4.70. The number of hydrogen-bond acceptors (Lipinski definition) is 4. The van der Waals surface area contributed by atoms with E-state index in [0.717, 1.165) is 30.4 Å². The number of hydrogen-bond donors (Lipinski definition) is 2. The molecule has 0 radical (unpaired) electrons. The van der Waals surface area contributed by atoms with Gasteiger partial charge in [-0.1, -0.05) is 12.1 Å². The summed E-state index contributed by atoms with van der Waals surface area (Å²) in [4.78, 5) is 8.95. The summed E-state index contributed by atoms with van der Waals surface area (Å²) >= 11 is 0. The number of anilines is 2. The van der Waals surface area contributed by atoms with Crippen LogP contribution < -0.4 is 10.6 Å². The second-order valence-corrected chi connectivity index (χ2v) is 4.83. The van der Waals surface area contributed by atoms with Crippen LogP contribution in [-0.4, -0.2) is 23.1 Å². The van der Waals surface area contributed by atoms with Crippen LogP contribution in [-0.2, 0) is 0 Å². The number of piperidine rings is 1. The highest BCUT2D eigenvalue weighted by molar-refractivity contribution is 5.51. The van der Waals surface area contributed by atoms with Crippen LogP contribution in [0.2, 0.25) is 0 Å². The molecule has 0 spiro atoms. The Hall–Kier alpha value is -1.94. The highest BCUT2D eigenvalue weighted by Crippen LogP contribution is 2.23. The van der Waals surface area contributed by atoms with E-state index in [9.17, 15) is 0 Å². The lowest BCUT2D eigenvalue weighted by atomic mass is 9.96. The van der Waals surface area contributed by atoms with Crippen molar-refractivity contribution in [2.45, 2.75) is 18.8 Å². The Morgan fingerprint density at radius 1 is 1.11 bits per heavy atom. The van der Waals surface area contributed by atoms with Crippen molar-refractivity contribution in [1.29, 1.82) is 0 Å². The van der Waals surface area contributed by atoms with Crippen LogP contribution in [0.15, 0.2) is 42.6 Å². The summed E-state index contributed by atoms with van der Waals surface area (Å²) in [6.45, 7) is 2.16. The minimum absolute atomic E-state index is 0.527. The first kappa shape index (κ1) is 12.1. The Labute approximate surface area is 113 Å². The molecule has 3 rings (SSSR count). The second kappa shape index (κ2) is 5.80. The third kappa shape index (κ3) is 3.09. The molecule has 0 aliphatic carbocycles. The summed E-state index contributed by atoms with van der Waals surface area (Å²) < 4.78 is 0. The second-order valence-electron chi connectivity index (χ2n) is 4.83. The Morgan fingerprint density at radius 2 is 2.05 bits per heavy atom. The van der Waals surface area contributed by atoms with Crippen LogP contribution in [0.5, 0.6) is 0 Å². The minimum Gasteiger partial charge on any atom is -0.325 e. The lowest BCUT2D eigenvalue weighted by Gasteiger charge is -2.22. The van der Waals surface area contributed by atoms with E-state index in [-0.39, 0.29) is 0 Å². The van der Waals surface area contributed by atoms with E-state index in [4.69, 9.17) is 4.98 Å². The molecule has 1 aliphatic heterocycles. The van der Waals surface area contributed by atoms with Gasteiger partial charge in [-0.3, -0.25) is 0 Å². The lowest BCUT2D eigenvalue weighted by Crippen LogP contribution is -2.28. The summed E-state index contributed by atoms with van der Waals surface area (Å²) in [5.74, 6) is 2.22. The fraction of sp³-hybridized carbons (Fsp3) is 0.333. The van der Waals surface area contributed by atoms with Gasteiger partial charge in [0.1, 0.15) is 11.6 Å². The van der Waals surface area contributed by atoms with E-state index in [1.807, 2.05) is 24.3 Å². The largest absolute Gasteiger partial charge is 0.325 e. The number of pyridine rings is 2. The van der Waals surface area contributed by atoms with Gasteiger partial charge in [0.05, 0.1) is 0 Å². The van der Waals surface area contributed by atoms with Crippen LogP contribution in [0.4, 0.5) is 11.6 Å². The van der Waals surface area contributed by atoms with Gasteiger partial charge in [-0.2, -0.15) is 0 Å². The maximum Gasteiger partial charge on any atom is 0.131 e. The molecule has 2 aromatic heterocycles. The third-order valence-corrected chi connectivity index (χ3v) is 3.41. The van der Waals surface area contributed by atoms with E-state index in [2.05, 4.69) is 27.8 Å². The zero-order valence-corrected chi connectivity index (χ0v) is 10.8. The van der Waals surface area contributed by atoms with Crippen molar-refractivity contribution in [2.24, 2.45) is 0 Å². The summed E-state index contributed by atoms with van der Waals surface area (Å²) in [7, 11) is 0. The number of aromatic nitrogens is 2. The normalized spacial score (nSPS) is 19.1. The van der Waals surface area contributed by atoms with Crippen molar-refractivity contribution in [2.75, 3.05) is 18.4 Å². The number of rotatable bonds is 3. The predicted molar refractivity (Wildman–Crippen MR) is 76.6 cm³/mol. The van der Waals surface area contributed by atoms with Crippen molar-refractivity contribution in [3.63, 3.8) is 0 Å². The topological polar surface area (TPSA) is 49.8 Å². The average Bonchev–Trinajstić information content (AvgIpc) is 2.49. The molecule has 1 unspecified atom stereocenters. The maximum absolute atomic E-state index is 4.70. The van der Waals surface area contributed by atoms with Crippen molar-refractivity contribution < 1.29 is 0 Å². The number of nitrogens with zero attached hydrogens (tertiary/aromatic N) is 2. The summed E-state index contributed by atoms with van der Waals surface area (Å²) in [6, 6.07) is 12.0. The molecule has 19 heavy (non-hydrogen) atoms. The fourth-order valence-corrected chi connectivity index (χ4v) is 2.42.